The summed E-state index contributed by atoms with van der Waals surface area (Å²) in [4.78, 5) is 4.14. The molecule has 1 heterocycles. The fraction of sp³-hybridized carbons (Fsp3) is 0.227. The third-order valence-corrected chi connectivity index (χ3v) is 4.70. The highest BCUT2D eigenvalue weighted by atomic mass is 35.5. The molecule has 3 aromatic rings. The van der Waals surface area contributed by atoms with Crippen molar-refractivity contribution in [3.63, 3.8) is 0 Å². The van der Waals surface area contributed by atoms with Crippen molar-refractivity contribution in [1.82, 2.24) is 10.3 Å². The van der Waals surface area contributed by atoms with E-state index in [2.05, 4.69) is 10.3 Å². The molecule has 28 heavy (non-hydrogen) atoms. The maximum absolute atomic E-state index is 6.27. The van der Waals surface area contributed by atoms with Crippen LogP contribution in [0.3, 0.4) is 0 Å². The molecule has 0 bridgehead atoms. The molecule has 146 valence electrons. The fourth-order valence-corrected chi connectivity index (χ4v) is 3.23. The second-order valence-electron chi connectivity index (χ2n) is 6.17. The molecule has 1 N–H and O–H groups in total. The third-order valence-electron chi connectivity index (χ3n) is 4.11. The van der Waals surface area contributed by atoms with Crippen LogP contribution in [0.25, 0.3) is 0 Å². The summed E-state index contributed by atoms with van der Waals surface area (Å²) >= 11 is 12.2. The minimum atomic E-state index is 0.329. The summed E-state index contributed by atoms with van der Waals surface area (Å²) in [5, 5.41) is 4.61. The smallest absolute Gasteiger partial charge is 0.166 e. The second-order valence-corrected chi connectivity index (χ2v) is 7.01. The zero-order valence-electron chi connectivity index (χ0n) is 15.6. The molecule has 0 radical (unpaired) electrons. The van der Waals surface area contributed by atoms with Crippen LogP contribution in [0, 0.1) is 0 Å². The number of rotatable bonds is 9. The Morgan fingerprint density at radius 2 is 1.86 bits per heavy atom. The summed E-state index contributed by atoms with van der Waals surface area (Å²) in [7, 11) is 0. The monoisotopic (exact) mass is 416 g/mol. The Labute approximate surface area is 175 Å². The molecule has 0 saturated carbocycles. The molecule has 0 atom stereocenters. The average molecular weight is 417 g/mol. The van der Waals surface area contributed by atoms with Crippen LogP contribution in [0.5, 0.6) is 11.5 Å². The number of pyridine rings is 1. The van der Waals surface area contributed by atoms with Crippen LogP contribution in [0.4, 0.5) is 0 Å². The van der Waals surface area contributed by atoms with Crippen LogP contribution in [-0.4, -0.2) is 11.6 Å². The van der Waals surface area contributed by atoms with Gasteiger partial charge < -0.3 is 14.8 Å². The standard InChI is InChI=1S/C22H22Cl2N2O2/c1-2-27-21-7-3-6-17(14-26-13-16-5-4-10-25-12-16)22(21)28-15-18-8-9-19(23)11-20(18)24/h3-12,26H,2,13-15H2,1H3. The lowest BCUT2D eigenvalue weighted by atomic mass is 10.1. The lowest BCUT2D eigenvalue weighted by molar-refractivity contribution is 0.266. The van der Waals surface area contributed by atoms with E-state index in [0.29, 0.717) is 41.3 Å². The average Bonchev–Trinajstić information content (AvgIpc) is 2.70. The number of nitrogens with one attached hydrogen (secondary N) is 1. The molecule has 1 aromatic heterocycles. The van der Waals surface area contributed by atoms with Gasteiger partial charge in [0.1, 0.15) is 6.61 Å². The van der Waals surface area contributed by atoms with Crippen molar-refractivity contribution in [1.29, 1.82) is 0 Å². The molecule has 0 spiro atoms. The predicted octanol–water partition coefficient (Wildman–Crippen LogP) is 5.66. The van der Waals surface area contributed by atoms with Crippen molar-refractivity contribution in [2.75, 3.05) is 6.61 Å². The van der Waals surface area contributed by atoms with Gasteiger partial charge in [0.2, 0.25) is 0 Å². The highest BCUT2D eigenvalue weighted by molar-refractivity contribution is 6.35. The first-order chi connectivity index (χ1) is 13.7. The Balaban J connectivity index is 1.73. The molecule has 0 aliphatic carbocycles. The number of halogens is 2. The van der Waals surface area contributed by atoms with E-state index in [1.807, 2.05) is 49.5 Å². The van der Waals surface area contributed by atoms with E-state index in [-0.39, 0.29) is 0 Å². The fourth-order valence-electron chi connectivity index (χ4n) is 2.77. The number of ether oxygens (including phenoxy) is 2. The predicted molar refractivity (Wildman–Crippen MR) is 113 cm³/mol. The molecule has 0 amide bonds. The Bertz CT molecular complexity index is 904. The number of hydrogen-bond acceptors (Lipinski definition) is 4. The van der Waals surface area contributed by atoms with Crippen LogP contribution in [0.1, 0.15) is 23.6 Å². The van der Waals surface area contributed by atoms with Crippen LogP contribution in [0.2, 0.25) is 10.0 Å². The van der Waals surface area contributed by atoms with Gasteiger partial charge in [0.25, 0.3) is 0 Å². The number of nitrogens with zero attached hydrogens (tertiary/aromatic N) is 1. The number of benzene rings is 2. The summed E-state index contributed by atoms with van der Waals surface area (Å²) in [6.07, 6.45) is 3.62. The zero-order chi connectivity index (χ0) is 19.8. The second kappa shape index (κ2) is 10.3. The molecule has 0 fully saturated rings. The van der Waals surface area contributed by atoms with E-state index < -0.39 is 0 Å². The number of aromatic nitrogens is 1. The molecule has 0 aliphatic rings. The lowest BCUT2D eigenvalue weighted by Crippen LogP contribution is -2.14. The zero-order valence-corrected chi connectivity index (χ0v) is 17.1. The van der Waals surface area contributed by atoms with Crippen LogP contribution >= 0.6 is 23.2 Å². The van der Waals surface area contributed by atoms with Gasteiger partial charge in [-0.2, -0.15) is 0 Å². The van der Waals surface area contributed by atoms with E-state index >= 15 is 0 Å². The maximum atomic E-state index is 6.27. The van der Waals surface area contributed by atoms with Crippen molar-refractivity contribution in [3.05, 3.63) is 87.7 Å². The molecule has 0 aliphatic heterocycles. The van der Waals surface area contributed by atoms with Crippen molar-refractivity contribution in [3.8, 4) is 11.5 Å². The highest BCUT2D eigenvalue weighted by Gasteiger charge is 2.12. The molecule has 2 aromatic carbocycles. The molecule has 0 unspecified atom stereocenters. The van der Waals surface area contributed by atoms with Crippen molar-refractivity contribution >= 4 is 23.2 Å². The molecule has 3 rings (SSSR count). The van der Waals surface area contributed by atoms with E-state index in [1.165, 1.54) is 0 Å². The van der Waals surface area contributed by atoms with Crippen molar-refractivity contribution in [2.24, 2.45) is 0 Å². The van der Waals surface area contributed by atoms with Gasteiger partial charge in [-0.25, -0.2) is 0 Å². The first-order valence-corrected chi connectivity index (χ1v) is 9.84. The van der Waals surface area contributed by atoms with E-state index in [4.69, 9.17) is 32.7 Å². The number of hydrogen-bond donors (Lipinski definition) is 1. The number of para-hydroxylation sites is 1. The highest BCUT2D eigenvalue weighted by Crippen LogP contribution is 2.33. The van der Waals surface area contributed by atoms with Crippen LogP contribution in [0.15, 0.2) is 60.9 Å². The Morgan fingerprint density at radius 1 is 0.964 bits per heavy atom. The molecular formula is C22H22Cl2N2O2. The van der Waals surface area contributed by atoms with Gasteiger partial charge in [-0.05, 0) is 36.8 Å². The van der Waals surface area contributed by atoms with Gasteiger partial charge in [-0.15, -0.1) is 0 Å². The molecular weight excluding hydrogens is 395 g/mol. The minimum Gasteiger partial charge on any atom is -0.490 e. The third kappa shape index (κ3) is 5.61. The van der Waals surface area contributed by atoms with E-state index in [1.54, 1.807) is 18.3 Å². The summed E-state index contributed by atoms with van der Waals surface area (Å²) in [6, 6.07) is 15.3. The summed E-state index contributed by atoms with van der Waals surface area (Å²) in [6.45, 7) is 4.20. The molecule has 6 heteroatoms. The summed E-state index contributed by atoms with van der Waals surface area (Å²) in [5.74, 6) is 1.43. The first kappa shape index (κ1) is 20.5. The first-order valence-electron chi connectivity index (χ1n) is 9.08. The van der Waals surface area contributed by atoms with Gasteiger partial charge in [-0.3, -0.25) is 4.98 Å². The van der Waals surface area contributed by atoms with Gasteiger partial charge in [0.15, 0.2) is 11.5 Å². The van der Waals surface area contributed by atoms with Gasteiger partial charge in [0.05, 0.1) is 6.61 Å². The van der Waals surface area contributed by atoms with Crippen molar-refractivity contribution in [2.45, 2.75) is 26.6 Å². The quantitative estimate of drug-likeness (QED) is 0.488. The Morgan fingerprint density at radius 3 is 2.61 bits per heavy atom. The SMILES string of the molecule is CCOc1cccc(CNCc2cccnc2)c1OCc1ccc(Cl)cc1Cl. The minimum absolute atomic E-state index is 0.329. The summed E-state index contributed by atoms with van der Waals surface area (Å²) in [5.41, 5.74) is 3.01. The van der Waals surface area contributed by atoms with Crippen LogP contribution < -0.4 is 14.8 Å². The van der Waals surface area contributed by atoms with Gasteiger partial charge in [-0.1, -0.05) is 47.5 Å². The largest absolute Gasteiger partial charge is 0.490 e. The Hall–Kier alpha value is -2.27. The topological polar surface area (TPSA) is 43.4 Å². The normalized spacial score (nSPS) is 10.7. The van der Waals surface area contributed by atoms with Gasteiger partial charge >= 0.3 is 0 Å². The molecule has 0 saturated heterocycles. The Kier molecular flexibility index (Phi) is 7.54. The van der Waals surface area contributed by atoms with Gasteiger partial charge in [0, 0.05) is 46.7 Å². The van der Waals surface area contributed by atoms with E-state index in [0.717, 1.165) is 23.2 Å². The summed E-state index contributed by atoms with van der Waals surface area (Å²) < 4.78 is 11.9. The maximum Gasteiger partial charge on any atom is 0.166 e. The van der Waals surface area contributed by atoms with E-state index in [9.17, 15) is 0 Å². The van der Waals surface area contributed by atoms with Crippen molar-refractivity contribution < 1.29 is 9.47 Å². The molecule has 4 nitrogen and oxygen atoms in total. The lowest BCUT2D eigenvalue weighted by Gasteiger charge is -2.17. The van der Waals surface area contributed by atoms with Crippen LogP contribution in [-0.2, 0) is 19.7 Å².